The molecule has 8 atom stereocenters. The van der Waals surface area contributed by atoms with Crippen LogP contribution >= 0.6 is 0 Å². The van der Waals surface area contributed by atoms with Gasteiger partial charge in [0.25, 0.3) is 0 Å². The Balaban J connectivity index is 1.22. The van der Waals surface area contributed by atoms with E-state index in [1.807, 2.05) is 0 Å². The van der Waals surface area contributed by atoms with Gasteiger partial charge in [-0.1, -0.05) is 27.2 Å². The molecule has 4 nitrogen and oxygen atoms in total. The maximum Gasteiger partial charge on any atom is 0.213 e. The molecular formula is C28H38FN3O. The lowest BCUT2D eigenvalue weighted by Crippen LogP contribution is -2.53. The second-order valence-corrected chi connectivity index (χ2v) is 12.5. The first kappa shape index (κ1) is 21.7. The topological polar surface area (TPSA) is 47.8 Å². The maximum atomic E-state index is 13.6. The van der Waals surface area contributed by atoms with Crippen LogP contribution in [0, 0.1) is 52.3 Å². The Hall–Kier alpha value is -1.78. The number of nitrogens with zero attached hydrogens (tertiary/aromatic N) is 3. The van der Waals surface area contributed by atoms with E-state index in [-0.39, 0.29) is 17.9 Å². The summed E-state index contributed by atoms with van der Waals surface area (Å²) in [5, 5.41) is 5.10. The molecular weight excluding hydrogens is 413 g/mol. The van der Waals surface area contributed by atoms with Gasteiger partial charge in [-0.2, -0.15) is 9.49 Å². The molecule has 0 aliphatic heterocycles. The first-order valence-electron chi connectivity index (χ1n) is 13.3. The Morgan fingerprint density at radius 1 is 1.06 bits per heavy atom. The third-order valence-corrected chi connectivity index (χ3v) is 11.1. The van der Waals surface area contributed by atoms with Gasteiger partial charge in [0.15, 0.2) is 5.78 Å². The quantitative estimate of drug-likeness (QED) is 0.505. The van der Waals surface area contributed by atoms with Gasteiger partial charge in [-0.15, -0.1) is 0 Å². The molecule has 5 heteroatoms. The first-order valence-corrected chi connectivity index (χ1v) is 13.3. The molecule has 2 heterocycles. The predicted octanol–water partition coefficient (Wildman–Crippen LogP) is 6.43. The fraction of sp³-hybridized carbons (Fsp3) is 0.750. The highest BCUT2D eigenvalue weighted by molar-refractivity contribution is 5.84. The second-order valence-electron chi connectivity index (χ2n) is 12.5. The number of ketones is 1. The number of aromatic nitrogens is 3. The van der Waals surface area contributed by atoms with Gasteiger partial charge in [-0.3, -0.25) is 9.48 Å². The lowest BCUT2D eigenvalue weighted by atomic mass is 9.44. The Bertz CT molecular complexity index is 1080. The summed E-state index contributed by atoms with van der Waals surface area (Å²) in [6.07, 6.45) is 14.9. The van der Waals surface area contributed by atoms with Crippen molar-refractivity contribution >= 4 is 16.7 Å². The molecule has 4 fully saturated rings. The number of hydrogen-bond acceptors (Lipinski definition) is 3. The minimum absolute atomic E-state index is 0.119. The van der Waals surface area contributed by atoms with Crippen molar-refractivity contribution in [2.45, 2.75) is 85.1 Å². The molecule has 33 heavy (non-hydrogen) atoms. The Morgan fingerprint density at radius 3 is 2.70 bits per heavy atom. The number of Topliss-reactive ketones (excluding diaryl/α,β-unsaturated/α-hetero) is 1. The summed E-state index contributed by atoms with van der Waals surface area (Å²) in [5.74, 6) is 4.07. The van der Waals surface area contributed by atoms with Crippen molar-refractivity contribution in [3.05, 3.63) is 24.4 Å². The van der Waals surface area contributed by atoms with Crippen LogP contribution in [0.3, 0.4) is 0 Å². The fourth-order valence-corrected chi connectivity index (χ4v) is 9.34. The van der Waals surface area contributed by atoms with E-state index < -0.39 is 5.95 Å². The van der Waals surface area contributed by atoms with Crippen LogP contribution in [0.5, 0.6) is 0 Å². The zero-order chi connectivity index (χ0) is 23.0. The zero-order valence-electron chi connectivity index (χ0n) is 20.4. The third kappa shape index (κ3) is 3.24. The van der Waals surface area contributed by atoms with Gasteiger partial charge in [0.05, 0.1) is 17.9 Å². The van der Waals surface area contributed by atoms with E-state index in [0.29, 0.717) is 22.5 Å². The predicted molar refractivity (Wildman–Crippen MR) is 127 cm³/mol. The molecule has 0 spiro atoms. The minimum atomic E-state index is -0.507. The van der Waals surface area contributed by atoms with Gasteiger partial charge in [0.1, 0.15) is 6.54 Å². The van der Waals surface area contributed by atoms with E-state index in [4.69, 9.17) is 0 Å². The number of carbonyl (C=O) groups is 1. The molecule has 2 aromatic rings. The van der Waals surface area contributed by atoms with Gasteiger partial charge in [-0.05, 0) is 91.8 Å². The van der Waals surface area contributed by atoms with Crippen molar-refractivity contribution in [1.29, 1.82) is 0 Å². The van der Waals surface area contributed by atoms with Crippen molar-refractivity contribution in [2.75, 3.05) is 0 Å². The summed E-state index contributed by atoms with van der Waals surface area (Å²) in [6, 6.07) is 1.39. The summed E-state index contributed by atoms with van der Waals surface area (Å²) >= 11 is 0. The van der Waals surface area contributed by atoms with Crippen LogP contribution < -0.4 is 0 Å². The molecule has 0 radical (unpaired) electrons. The van der Waals surface area contributed by atoms with Crippen LogP contribution in [-0.2, 0) is 11.3 Å². The van der Waals surface area contributed by atoms with Crippen LogP contribution in [0.4, 0.5) is 4.39 Å². The molecule has 0 amide bonds. The van der Waals surface area contributed by atoms with Crippen molar-refractivity contribution < 1.29 is 9.18 Å². The van der Waals surface area contributed by atoms with Crippen LogP contribution in [0.15, 0.2) is 18.5 Å². The van der Waals surface area contributed by atoms with E-state index in [1.54, 1.807) is 10.9 Å². The summed E-state index contributed by atoms with van der Waals surface area (Å²) < 4.78 is 15.2. The zero-order valence-corrected chi connectivity index (χ0v) is 20.4. The van der Waals surface area contributed by atoms with E-state index in [9.17, 15) is 9.18 Å². The molecule has 178 valence electrons. The number of halogens is 1. The number of hydrogen-bond donors (Lipinski definition) is 0. The first-order chi connectivity index (χ1) is 15.8. The lowest BCUT2D eigenvalue weighted by molar-refractivity contribution is -0.137. The van der Waals surface area contributed by atoms with E-state index in [0.717, 1.165) is 35.6 Å². The number of fused-ring (bicyclic) bond motifs is 6. The fourth-order valence-electron chi connectivity index (χ4n) is 9.34. The Kier molecular flexibility index (Phi) is 5.01. The minimum Gasteiger partial charge on any atom is -0.297 e. The van der Waals surface area contributed by atoms with Crippen LogP contribution in [0.25, 0.3) is 10.9 Å². The smallest absolute Gasteiger partial charge is 0.213 e. The van der Waals surface area contributed by atoms with Crippen LogP contribution in [0.2, 0.25) is 0 Å². The van der Waals surface area contributed by atoms with E-state index >= 15 is 0 Å². The molecule has 4 aliphatic rings. The van der Waals surface area contributed by atoms with Crippen LogP contribution in [-0.4, -0.2) is 20.5 Å². The van der Waals surface area contributed by atoms with Crippen molar-refractivity contribution in [3.8, 4) is 0 Å². The number of carbonyl (C=O) groups excluding carboxylic acids is 1. The third-order valence-electron chi connectivity index (χ3n) is 11.1. The van der Waals surface area contributed by atoms with Crippen molar-refractivity contribution in [2.24, 2.45) is 46.3 Å². The average Bonchev–Trinajstić information content (AvgIpc) is 3.34. The second kappa shape index (κ2) is 7.61. The molecule has 4 aliphatic carbocycles. The summed E-state index contributed by atoms with van der Waals surface area (Å²) in [7, 11) is 0. The Morgan fingerprint density at radius 2 is 1.85 bits per heavy atom. The molecule has 0 N–H and O–H groups in total. The van der Waals surface area contributed by atoms with E-state index in [2.05, 4.69) is 30.9 Å². The van der Waals surface area contributed by atoms with Crippen molar-refractivity contribution in [3.63, 3.8) is 0 Å². The maximum absolute atomic E-state index is 13.6. The van der Waals surface area contributed by atoms with Gasteiger partial charge < -0.3 is 0 Å². The highest BCUT2D eigenvalue weighted by Gasteiger charge is 2.60. The molecule has 0 saturated heterocycles. The highest BCUT2D eigenvalue weighted by atomic mass is 19.1. The van der Waals surface area contributed by atoms with Gasteiger partial charge >= 0.3 is 0 Å². The largest absolute Gasteiger partial charge is 0.297 e. The molecule has 0 bridgehead atoms. The monoisotopic (exact) mass is 451 g/mol. The lowest BCUT2D eigenvalue weighted by Gasteiger charge is -2.61. The number of rotatable bonds is 3. The Labute approximate surface area is 196 Å². The molecule has 6 rings (SSSR count). The van der Waals surface area contributed by atoms with Gasteiger partial charge in [0.2, 0.25) is 5.95 Å². The normalized spacial score (nSPS) is 42.5. The SMILES string of the molecule is CC1CCC2(C)C(CCC3C2CCC2(C)C3CC[C@@H]2C(=O)Cn2ncc3cc(F)ncc32)C1. The standard InChI is InChI=1S/C28H38FN3O/c1-17-8-10-27(2)19(12-17)4-5-20-21-6-7-23(28(21,3)11-9-22(20)27)25(33)16-32-24-15-30-26(29)13-18(24)14-31-32/h13-15,17,19-23H,4-12,16H2,1-3H3/t17?,19?,20?,21?,22?,23-,27?,28?/m1/s1. The van der Waals surface area contributed by atoms with Gasteiger partial charge in [-0.25, -0.2) is 4.98 Å². The average molecular weight is 452 g/mol. The summed E-state index contributed by atoms with van der Waals surface area (Å²) in [4.78, 5) is 17.4. The van der Waals surface area contributed by atoms with Gasteiger partial charge in [0, 0.05) is 17.4 Å². The molecule has 0 aromatic carbocycles. The van der Waals surface area contributed by atoms with Crippen molar-refractivity contribution in [1.82, 2.24) is 14.8 Å². The van der Waals surface area contributed by atoms with Crippen LogP contribution in [0.1, 0.15) is 78.6 Å². The number of pyridine rings is 1. The molecule has 2 aromatic heterocycles. The summed E-state index contributed by atoms with van der Waals surface area (Å²) in [6.45, 7) is 7.78. The molecule has 4 saturated carbocycles. The highest BCUT2D eigenvalue weighted by Crippen LogP contribution is 2.67. The van der Waals surface area contributed by atoms with E-state index in [1.165, 1.54) is 63.6 Å². The molecule has 7 unspecified atom stereocenters. The summed E-state index contributed by atoms with van der Waals surface area (Å²) in [5.41, 5.74) is 1.39.